The predicted molar refractivity (Wildman–Crippen MR) is 46.0 cm³/mol. The van der Waals surface area contributed by atoms with Gasteiger partial charge in [0.25, 0.3) is 0 Å². The molecule has 0 aromatic rings. The minimum atomic E-state index is 0.626. The molecule has 0 aliphatic rings. The average molecular weight is 143 g/mol. The van der Waals surface area contributed by atoms with Gasteiger partial charge in [0.15, 0.2) is 0 Å². The largest absolute Gasteiger partial charge is 0.224 e. The summed E-state index contributed by atoms with van der Waals surface area (Å²) in [6, 6.07) is 0. The Labute approximate surface area is 61.4 Å². The number of hydrogen-bond acceptors (Lipinski definition) is 2. The summed E-state index contributed by atoms with van der Waals surface area (Å²) in [7, 11) is 0. The molecule has 1 atom stereocenters. The Morgan fingerprint density at radius 2 is 2.44 bits per heavy atom. The van der Waals surface area contributed by atoms with Gasteiger partial charge in [-0.3, -0.25) is 0 Å². The molecule has 0 aromatic heterocycles. The summed E-state index contributed by atoms with van der Waals surface area (Å²) in [5.41, 5.74) is 0. The Balaban J connectivity index is 3.25. The molecule has 0 aliphatic heterocycles. The Morgan fingerprint density at radius 1 is 1.78 bits per heavy atom. The molecule has 2 heteroatoms. The Kier molecular flexibility index (Phi) is 5.73. The van der Waals surface area contributed by atoms with Crippen molar-refractivity contribution in [2.75, 3.05) is 0 Å². The summed E-state index contributed by atoms with van der Waals surface area (Å²) >= 11 is 1.60. The standard InChI is InChI=1S/C7H13NS/c1-4-6-8-9-7(3)5-2/h4,6-7H,1,5H2,2-3H3. The summed E-state index contributed by atoms with van der Waals surface area (Å²) in [6.07, 6.45) is 4.57. The van der Waals surface area contributed by atoms with E-state index in [1.807, 2.05) is 0 Å². The minimum absolute atomic E-state index is 0.626. The van der Waals surface area contributed by atoms with E-state index in [1.54, 1.807) is 24.2 Å². The zero-order chi connectivity index (χ0) is 7.11. The molecule has 0 aliphatic carbocycles. The van der Waals surface area contributed by atoms with E-state index >= 15 is 0 Å². The first kappa shape index (κ1) is 8.76. The lowest BCUT2D eigenvalue weighted by Gasteiger charge is -1.99. The van der Waals surface area contributed by atoms with E-state index in [-0.39, 0.29) is 0 Å². The molecular formula is C7H13NS. The van der Waals surface area contributed by atoms with Crippen LogP contribution in [0.25, 0.3) is 0 Å². The van der Waals surface area contributed by atoms with E-state index in [9.17, 15) is 0 Å². The molecule has 1 nitrogen and oxygen atoms in total. The van der Waals surface area contributed by atoms with Crippen molar-refractivity contribution >= 4 is 18.2 Å². The highest BCUT2D eigenvalue weighted by Crippen LogP contribution is 2.13. The third kappa shape index (κ3) is 5.63. The quantitative estimate of drug-likeness (QED) is 0.435. The molecular weight excluding hydrogens is 130 g/mol. The van der Waals surface area contributed by atoms with Crippen molar-refractivity contribution in [2.45, 2.75) is 25.5 Å². The smallest absolute Gasteiger partial charge is 0.0345 e. The van der Waals surface area contributed by atoms with Crippen LogP contribution in [0.1, 0.15) is 20.3 Å². The highest BCUT2D eigenvalue weighted by atomic mass is 32.2. The fourth-order valence-electron chi connectivity index (χ4n) is 0.257. The van der Waals surface area contributed by atoms with Crippen molar-refractivity contribution in [3.8, 4) is 0 Å². The van der Waals surface area contributed by atoms with Crippen LogP contribution in [0.2, 0.25) is 0 Å². The van der Waals surface area contributed by atoms with E-state index in [0.29, 0.717) is 5.25 Å². The van der Waals surface area contributed by atoms with Crippen molar-refractivity contribution in [2.24, 2.45) is 4.40 Å². The summed E-state index contributed by atoms with van der Waals surface area (Å²) < 4.78 is 4.03. The average Bonchev–Trinajstić information content (AvgIpc) is 1.89. The van der Waals surface area contributed by atoms with E-state index in [2.05, 4.69) is 24.8 Å². The lowest BCUT2D eigenvalue weighted by Crippen LogP contribution is -1.88. The lowest BCUT2D eigenvalue weighted by atomic mass is 10.4. The Bertz CT molecular complexity index is 99.1. The van der Waals surface area contributed by atoms with Gasteiger partial charge in [-0.1, -0.05) is 26.5 Å². The van der Waals surface area contributed by atoms with E-state index < -0.39 is 0 Å². The van der Waals surface area contributed by atoms with Crippen LogP contribution in [-0.2, 0) is 0 Å². The van der Waals surface area contributed by atoms with Crippen molar-refractivity contribution < 1.29 is 0 Å². The second-order valence-corrected chi connectivity index (χ2v) is 3.04. The molecule has 0 spiro atoms. The van der Waals surface area contributed by atoms with Crippen LogP contribution in [-0.4, -0.2) is 11.5 Å². The van der Waals surface area contributed by atoms with Gasteiger partial charge in [-0.15, -0.1) is 0 Å². The molecule has 0 heterocycles. The van der Waals surface area contributed by atoms with E-state index in [0.717, 1.165) is 0 Å². The SMILES string of the molecule is C=CC=NSC(C)CC. The van der Waals surface area contributed by atoms with Gasteiger partial charge in [0.05, 0.1) is 0 Å². The van der Waals surface area contributed by atoms with Crippen LogP contribution in [0.3, 0.4) is 0 Å². The van der Waals surface area contributed by atoms with Gasteiger partial charge in [0, 0.05) is 11.5 Å². The van der Waals surface area contributed by atoms with Gasteiger partial charge in [0.1, 0.15) is 0 Å². The second kappa shape index (κ2) is 5.89. The molecule has 0 saturated heterocycles. The maximum atomic E-state index is 4.03. The van der Waals surface area contributed by atoms with Gasteiger partial charge in [0.2, 0.25) is 0 Å². The third-order valence-corrected chi connectivity index (χ3v) is 1.92. The minimum Gasteiger partial charge on any atom is -0.224 e. The maximum Gasteiger partial charge on any atom is 0.0345 e. The van der Waals surface area contributed by atoms with Crippen molar-refractivity contribution in [1.29, 1.82) is 0 Å². The zero-order valence-corrected chi connectivity index (χ0v) is 6.82. The number of hydrogen-bond donors (Lipinski definition) is 0. The fourth-order valence-corrected chi connectivity index (χ4v) is 0.770. The molecule has 0 rings (SSSR count). The van der Waals surface area contributed by atoms with Gasteiger partial charge in [-0.25, -0.2) is 4.40 Å². The van der Waals surface area contributed by atoms with Crippen LogP contribution in [0.15, 0.2) is 17.1 Å². The topological polar surface area (TPSA) is 12.4 Å². The molecule has 0 fully saturated rings. The van der Waals surface area contributed by atoms with Gasteiger partial charge in [-0.2, -0.15) is 0 Å². The summed E-state index contributed by atoms with van der Waals surface area (Å²) in [6.45, 7) is 7.83. The van der Waals surface area contributed by atoms with E-state index in [4.69, 9.17) is 0 Å². The monoisotopic (exact) mass is 143 g/mol. The fraction of sp³-hybridized carbons (Fsp3) is 0.571. The molecule has 0 N–H and O–H groups in total. The highest BCUT2D eigenvalue weighted by molar-refractivity contribution is 7.98. The Hall–Kier alpha value is -0.240. The van der Waals surface area contributed by atoms with Crippen LogP contribution < -0.4 is 0 Å². The van der Waals surface area contributed by atoms with Crippen molar-refractivity contribution in [3.63, 3.8) is 0 Å². The lowest BCUT2D eigenvalue weighted by molar-refractivity contribution is 0.907. The van der Waals surface area contributed by atoms with Crippen LogP contribution in [0.5, 0.6) is 0 Å². The Morgan fingerprint density at radius 3 is 2.89 bits per heavy atom. The summed E-state index contributed by atoms with van der Waals surface area (Å²) in [5, 5.41) is 0.626. The number of nitrogens with zero attached hydrogens (tertiary/aromatic N) is 1. The van der Waals surface area contributed by atoms with Crippen LogP contribution in [0.4, 0.5) is 0 Å². The normalized spacial score (nSPS) is 14.0. The molecule has 0 amide bonds. The number of allylic oxidation sites excluding steroid dienone is 1. The first-order valence-corrected chi connectivity index (χ1v) is 3.95. The molecule has 0 aromatic carbocycles. The summed E-state index contributed by atoms with van der Waals surface area (Å²) in [5.74, 6) is 0. The first-order valence-electron chi connectivity index (χ1n) is 3.11. The predicted octanol–water partition coefficient (Wildman–Crippen LogP) is 2.69. The molecule has 0 saturated carbocycles. The molecule has 0 radical (unpaired) electrons. The second-order valence-electron chi connectivity index (χ2n) is 1.81. The molecule has 1 unspecified atom stereocenters. The highest BCUT2D eigenvalue weighted by Gasteiger charge is 1.93. The molecule has 52 valence electrons. The van der Waals surface area contributed by atoms with Gasteiger partial charge < -0.3 is 0 Å². The van der Waals surface area contributed by atoms with Crippen molar-refractivity contribution in [3.05, 3.63) is 12.7 Å². The molecule has 0 bridgehead atoms. The zero-order valence-electron chi connectivity index (χ0n) is 6.00. The van der Waals surface area contributed by atoms with Gasteiger partial charge >= 0.3 is 0 Å². The summed E-state index contributed by atoms with van der Waals surface area (Å²) in [4.78, 5) is 0. The van der Waals surface area contributed by atoms with Gasteiger partial charge in [-0.05, 0) is 18.4 Å². The van der Waals surface area contributed by atoms with Crippen LogP contribution in [0, 0.1) is 0 Å². The van der Waals surface area contributed by atoms with Crippen LogP contribution >= 0.6 is 11.9 Å². The molecule has 9 heavy (non-hydrogen) atoms. The maximum absolute atomic E-state index is 4.03. The third-order valence-electron chi connectivity index (χ3n) is 0.982. The van der Waals surface area contributed by atoms with E-state index in [1.165, 1.54) is 6.42 Å². The van der Waals surface area contributed by atoms with Crippen molar-refractivity contribution in [1.82, 2.24) is 0 Å². The number of rotatable bonds is 4. The first-order chi connectivity index (χ1) is 4.31.